The molecule has 0 aromatic carbocycles. The third kappa shape index (κ3) is 7.72. The van der Waals surface area contributed by atoms with Gasteiger partial charge in [0.25, 0.3) is 0 Å². The predicted molar refractivity (Wildman–Crippen MR) is 38.3 cm³/mol. The van der Waals surface area contributed by atoms with E-state index in [1.165, 1.54) is 7.11 Å². The van der Waals surface area contributed by atoms with Crippen LogP contribution in [-0.4, -0.2) is 24.7 Å². The fraction of sp³-hybridized carbons (Fsp3) is 0.800. The van der Waals surface area contributed by atoms with Gasteiger partial charge in [-0.15, -0.1) is 12.4 Å². The number of ether oxygens (including phenoxy) is 1. The summed E-state index contributed by atoms with van der Waals surface area (Å²) in [5.41, 5.74) is 0. The molecule has 0 amide bonds. The largest absolute Gasteiger partial charge is 0.484 e. The van der Waals surface area contributed by atoms with E-state index < -0.39 is 0 Å². The average Bonchev–Trinajstić information content (AvgIpc) is 1.83. The first-order chi connectivity index (χ1) is 3.81. The van der Waals surface area contributed by atoms with Crippen molar-refractivity contribution in [2.24, 2.45) is 0 Å². The van der Waals surface area contributed by atoms with Gasteiger partial charge in [0.2, 0.25) is 0 Å². The van der Waals surface area contributed by atoms with Crippen LogP contribution in [-0.2, 0) is 4.74 Å². The Kier molecular flexibility index (Phi) is 9.87. The minimum absolute atomic E-state index is 0. The van der Waals surface area contributed by atoms with Crippen molar-refractivity contribution in [3.8, 4) is 0 Å². The van der Waals surface area contributed by atoms with E-state index in [0.29, 0.717) is 12.8 Å². The van der Waals surface area contributed by atoms with Crippen molar-refractivity contribution in [2.45, 2.75) is 12.8 Å². The van der Waals surface area contributed by atoms with Crippen molar-refractivity contribution in [2.75, 3.05) is 13.7 Å². The summed E-state index contributed by atoms with van der Waals surface area (Å²) < 4.78 is 4.52. The number of nitrogens with one attached hydrogen (secondary N) is 1. The highest BCUT2D eigenvalue weighted by Gasteiger charge is 1.90. The second-order valence-electron chi connectivity index (χ2n) is 1.45. The van der Waals surface area contributed by atoms with Crippen LogP contribution in [0.25, 0.3) is 0 Å². The Labute approximate surface area is 60.9 Å². The highest BCUT2D eigenvalue weighted by molar-refractivity contribution is 5.85. The van der Waals surface area contributed by atoms with Crippen LogP contribution in [0, 0.1) is 5.41 Å². The first-order valence-corrected chi connectivity index (χ1v) is 2.53. The van der Waals surface area contributed by atoms with Crippen molar-refractivity contribution in [1.82, 2.24) is 0 Å². The van der Waals surface area contributed by atoms with Crippen molar-refractivity contribution in [3.05, 3.63) is 0 Å². The molecule has 0 aliphatic carbocycles. The number of aliphatic hydroxyl groups excluding tert-OH is 1. The van der Waals surface area contributed by atoms with Gasteiger partial charge in [0, 0.05) is 13.0 Å². The molecule has 0 aliphatic heterocycles. The van der Waals surface area contributed by atoms with Crippen LogP contribution in [0.2, 0.25) is 0 Å². The standard InChI is InChI=1S/C5H11NO2.ClH/c1-8-5(6)3-2-4-7;/h6-7H,2-4H2,1H3;1H. The summed E-state index contributed by atoms with van der Waals surface area (Å²) in [6.45, 7) is 0.131. The number of hydrogen-bond donors (Lipinski definition) is 2. The van der Waals surface area contributed by atoms with Crippen LogP contribution in [0.5, 0.6) is 0 Å². The quantitative estimate of drug-likeness (QED) is 0.466. The smallest absolute Gasteiger partial charge is 0.180 e. The molecule has 0 unspecified atom stereocenters. The molecule has 4 heteroatoms. The Hall–Kier alpha value is -0.280. The Morgan fingerprint density at radius 1 is 1.67 bits per heavy atom. The van der Waals surface area contributed by atoms with Crippen LogP contribution in [0.1, 0.15) is 12.8 Å². The molecule has 2 N–H and O–H groups in total. The molecule has 9 heavy (non-hydrogen) atoms. The Morgan fingerprint density at radius 2 is 2.22 bits per heavy atom. The lowest BCUT2D eigenvalue weighted by atomic mass is 10.3. The lowest BCUT2D eigenvalue weighted by Gasteiger charge is -1.97. The maximum Gasteiger partial charge on any atom is 0.180 e. The lowest BCUT2D eigenvalue weighted by Crippen LogP contribution is -1.99. The summed E-state index contributed by atoms with van der Waals surface area (Å²) in [5.74, 6) is 0.235. The highest BCUT2D eigenvalue weighted by atomic mass is 35.5. The Balaban J connectivity index is 0. The molecule has 0 aromatic rings. The van der Waals surface area contributed by atoms with Gasteiger partial charge in [0.05, 0.1) is 7.11 Å². The zero-order valence-corrected chi connectivity index (χ0v) is 6.20. The molecule has 0 aromatic heterocycles. The van der Waals surface area contributed by atoms with E-state index in [4.69, 9.17) is 10.5 Å². The maximum absolute atomic E-state index is 8.26. The summed E-state index contributed by atoms with van der Waals surface area (Å²) in [5, 5.41) is 15.2. The molecule has 0 fully saturated rings. The van der Waals surface area contributed by atoms with Gasteiger partial charge in [-0.2, -0.15) is 0 Å². The molecule has 0 atom stereocenters. The van der Waals surface area contributed by atoms with Crippen molar-refractivity contribution in [3.63, 3.8) is 0 Å². The summed E-state index contributed by atoms with van der Waals surface area (Å²) in [7, 11) is 1.46. The normalized spacial score (nSPS) is 7.78. The van der Waals surface area contributed by atoms with Crippen LogP contribution >= 0.6 is 12.4 Å². The molecule has 0 radical (unpaired) electrons. The molecule has 0 saturated heterocycles. The Morgan fingerprint density at radius 3 is 2.56 bits per heavy atom. The van der Waals surface area contributed by atoms with E-state index >= 15 is 0 Å². The maximum atomic E-state index is 8.26. The first-order valence-electron chi connectivity index (χ1n) is 2.53. The second-order valence-corrected chi connectivity index (χ2v) is 1.45. The minimum atomic E-state index is 0. The molecule has 56 valence electrons. The monoisotopic (exact) mass is 153 g/mol. The predicted octanol–water partition coefficient (Wildman–Crippen LogP) is 0.804. The highest BCUT2D eigenvalue weighted by Crippen LogP contribution is 1.88. The lowest BCUT2D eigenvalue weighted by molar-refractivity contribution is 0.284. The van der Waals surface area contributed by atoms with Crippen LogP contribution in [0.3, 0.4) is 0 Å². The molecule has 0 aliphatic rings. The van der Waals surface area contributed by atoms with Crippen LogP contribution in [0.15, 0.2) is 0 Å². The van der Waals surface area contributed by atoms with E-state index in [-0.39, 0.29) is 24.9 Å². The van der Waals surface area contributed by atoms with E-state index in [2.05, 4.69) is 4.74 Å². The SMILES string of the molecule is COC(=N)CCCO.Cl. The Bertz CT molecular complexity index is 77.4. The van der Waals surface area contributed by atoms with E-state index in [1.807, 2.05) is 0 Å². The van der Waals surface area contributed by atoms with Gasteiger partial charge in [0.15, 0.2) is 5.90 Å². The van der Waals surface area contributed by atoms with Crippen molar-refractivity contribution < 1.29 is 9.84 Å². The van der Waals surface area contributed by atoms with Gasteiger partial charge in [-0.25, -0.2) is 0 Å². The van der Waals surface area contributed by atoms with Crippen LogP contribution < -0.4 is 0 Å². The summed E-state index contributed by atoms with van der Waals surface area (Å²) in [4.78, 5) is 0. The molecular weight excluding hydrogens is 142 g/mol. The molecule has 0 heterocycles. The van der Waals surface area contributed by atoms with Crippen molar-refractivity contribution >= 4 is 18.3 Å². The number of halogens is 1. The molecule has 0 rings (SSSR count). The number of rotatable bonds is 3. The summed E-state index contributed by atoms with van der Waals surface area (Å²) >= 11 is 0. The molecular formula is C5H12ClNO2. The van der Waals surface area contributed by atoms with Gasteiger partial charge >= 0.3 is 0 Å². The number of hydrogen-bond acceptors (Lipinski definition) is 3. The van der Waals surface area contributed by atoms with Gasteiger partial charge in [-0.1, -0.05) is 0 Å². The number of aliphatic hydroxyl groups is 1. The molecule has 0 saturated carbocycles. The van der Waals surface area contributed by atoms with E-state index in [1.54, 1.807) is 0 Å². The van der Waals surface area contributed by atoms with Crippen LogP contribution in [0.4, 0.5) is 0 Å². The molecule has 0 bridgehead atoms. The zero-order valence-electron chi connectivity index (χ0n) is 5.39. The number of methoxy groups -OCH3 is 1. The summed E-state index contributed by atoms with van der Waals surface area (Å²) in [6.07, 6.45) is 1.15. The third-order valence-electron chi connectivity index (χ3n) is 0.808. The van der Waals surface area contributed by atoms with E-state index in [0.717, 1.165) is 0 Å². The third-order valence-corrected chi connectivity index (χ3v) is 0.808. The topological polar surface area (TPSA) is 53.3 Å². The minimum Gasteiger partial charge on any atom is -0.484 e. The van der Waals surface area contributed by atoms with Gasteiger partial charge < -0.3 is 9.84 Å². The molecule has 3 nitrogen and oxygen atoms in total. The fourth-order valence-corrected chi connectivity index (χ4v) is 0.342. The van der Waals surface area contributed by atoms with Gasteiger partial charge in [-0.3, -0.25) is 5.41 Å². The second kappa shape index (κ2) is 7.72. The average molecular weight is 154 g/mol. The fourth-order valence-electron chi connectivity index (χ4n) is 0.342. The first kappa shape index (κ1) is 11.5. The molecule has 0 spiro atoms. The summed E-state index contributed by atoms with van der Waals surface area (Å²) in [6, 6.07) is 0. The van der Waals surface area contributed by atoms with E-state index in [9.17, 15) is 0 Å². The zero-order chi connectivity index (χ0) is 6.41. The van der Waals surface area contributed by atoms with Crippen molar-refractivity contribution in [1.29, 1.82) is 5.41 Å². The van der Waals surface area contributed by atoms with Gasteiger partial charge in [0.1, 0.15) is 0 Å². The van der Waals surface area contributed by atoms with Gasteiger partial charge in [-0.05, 0) is 6.42 Å².